The number of sulfonamides is 1. The molecule has 0 unspecified atom stereocenters. The first-order valence-corrected chi connectivity index (χ1v) is 11.6. The van der Waals surface area contributed by atoms with Crippen LogP contribution in [0, 0.1) is 0 Å². The lowest BCUT2D eigenvalue weighted by Gasteiger charge is -2.12. The van der Waals surface area contributed by atoms with E-state index in [4.69, 9.17) is 16.3 Å². The van der Waals surface area contributed by atoms with Gasteiger partial charge >= 0.3 is 0 Å². The molecule has 0 saturated carbocycles. The quantitative estimate of drug-likeness (QED) is 0.525. The maximum Gasteiger partial charge on any atom is 0.257 e. The second-order valence-electron chi connectivity index (χ2n) is 6.13. The van der Waals surface area contributed by atoms with Crippen molar-refractivity contribution in [2.75, 3.05) is 12.4 Å². The third-order valence-corrected chi connectivity index (χ3v) is 6.74. The van der Waals surface area contributed by atoms with E-state index in [1.165, 1.54) is 36.6 Å². The summed E-state index contributed by atoms with van der Waals surface area (Å²) in [4.78, 5) is 12.4. The minimum absolute atomic E-state index is 0.0592. The van der Waals surface area contributed by atoms with Crippen molar-refractivity contribution in [2.45, 2.75) is 24.8 Å². The molecule has 158 valence electrons. The lowest BCUT2D eigenvalue weighted by Crippen LogP contribution is -2.24. The van der Waals surface area contributed by atoms with Crippen LogP contribution in [0.4, 0.5) is 5.13 Å². The third kappa shape index (κ3) is 5.33. The van der Waals surface area contributed by atoms with Crippen molar-refractivity contribution in [1.29, 1.82) is 0 Å². The van der Waals surface area contributed by atoms with Crippen molar-refractivity contribution in [1.82, 2.24) is 14.9 Å². The van der Waals surface area contributed by atoms with E-state index in [0.717, 1.165) is 10.6 Å². The number of carbonyl (C=O) groups excluding carboxylic acids is 1. The first kappa shape index (κ1) is 22.2. The topological polar surface area (TPSA) is 110 Å². The van der Waals surface area contributed by atoms with Crippen LogP contribution in [0.15, 0.2) is 47.4 Å². The van der Waals surface area contributed by atoms with E-state index in [9.17, 15) is 13.2 Å². The van der Waals surface area contributed by atoms with Crippen molar-refractivity contribution < 1.29 is 17.9 Å². The summed E-state index contributed by atoms with van der Waals surface area (Å²) < 4.78 is 33.4. The number of methoxy groups -OCH3 is 1. The van der Waals surface area contributed by atoms with Gasteiger partial charge in [0.15, 0.2) is 0 Å². The Morgan fingerprint density at radius 3 is 2.53 bits per heavy atom. The molecule has 0 aliphatic rings. The zero-order chi connectivity index (χ0) is 21.7. The minimum atomic E-state index is -3.95. The van der Waals surface area contributed by atoms with Crippen LogP contribution in [0.3, 0.4) is 0 Å². The number of amides is 1. The average Bonchev–Trinajstić information content (AvgIpc) is 3.20. The van der Waals surface area contributed by atoms with Crippen LogP contribution in [0.5, 0.6) is 5.75 Å². The van der Waals surface area contributed by atoms with Crippen LogP contribution in [0.2, 0.25) is 5.02 Å². The van der Waals surface area contributed by atoms with Crippen LogP contribution >= 0.6 is 22.9 Å². The number of halogens is 1. The second-order valence-corrected chi connectivity index (χ2v) is 9.36. The molecule has 1 aromatic heterocycles. The fourth-order valence-electron chi connectivity index (χ4n) is 2.50. The number of nitrogens with zero attached hydrogens (tertiary/aromatic N) is 2. The number of rotatable bonds is 8. The molecule has 3 rings (SSSR count). The van der Waals surface area contributed by atoms with Gasteiger partial charge in [0.1, 0.15) is 15.7 Å². The molecule has 8 nitrogen and oxygen atoms in total. The number of hydrogen-bond acceptors (Lipinski definition) is 7. The van der Waals surface area contributed by atoms with Crippen LogP contribution < -0.4 is 14.8 Å². The van der Waals surface area contributed by atoms with Gasteiger partial charge in [-0.05, 0) is 42.3 Å². The van der Waals surface area contributed by atoms with Gasteiger partial charge in [0, 0.05) is 17.1 Å². The molecule has 0 atom stereocenters. The molecule has 2 N–H and O–H groups in total. The van der Waals surface area contributed by atoms with Gasteiger partial charge in [0.05, 0.1) is 7.11 Å². The number of aryl methyl sites for hydroxylation is 1. The Hall–Kier alpha value is -2.53. The molecule has 0 radical (unpaired) electrons. The summed E-state index contributed by atoms with van der Waals surface area (Å²) in [5, 5.41) is 12.2. The van der Waals surface area contributed by atoms with E-state index in [-0.39, 0.29) is 22.8 Å². The Bertz CT molecular complexity index is 1150. The van der Waals surface area contributed by atoms with E-state index in [1.807, 2.05) is 6.92 Å². The molecule has 1 amide bonds. The highest BCUT2D eigenvalue weighted by Gasteiger charge is 2.22. The van der Waals surface area contributed by atoms with Crippen molar-refractivity contribution in [3.8, 4) is 5.75 Å². The average molecular weight is 467 g/mol. The number of carbonyl (C=O) groups is 1. The van der Waals surface area contributed by atoms with E-state index in [2.05, 4.69) is 20.2 Å². The van der Waals surface area contributed by atoms with Crippen LogP contribution in [0.25, 0.3) is 0 Å². The van der Waals surface area contributed by atoms with Gasteiger partial charge in [-0.3, -0.25) is 10.1 Å². The van der Waals surface area contributed by atoms with Crippen molar-refractivity contribution in [3.63, 3.8) is 0 Å². The van der Waals surface area contributed by atoms with Gasteiger partial charge in [0.2, 0.25) is 15.2 Å². The number of benzene rings is 2. The van der Waals surface area contributed by atoms with E-state index in [0.29, 0.717) is 16.6 Å². The van der Waals surface area contributed by atoms with Crippen molar-refractivity contribution in [3.05, 3.63) is 63.6 Å². The predicted molar refractivity (Wildman–Crippen MR) is 116 cm³/mol. The fraction of sp³-hybridized carbons (Fsp3) is 0.211. The molecule has 0 spiro atoms. The molecule has 3 aromatic rings. The summed E-state index contributed by atoms with van der Waals surface area (Å²) in [5.74, 6) is -0.370. The fourth-order valence-corrected chi connectivity index (χ4v) is 4.51. The lowest BCUT2D eigenvalue weighted by atomic mass is 10.2. The SMILES string of the molecule is CCc1nnc(NC(=O)c2ccc(OC)c(S(=O)(=O)NCc3ccc(Cl)cc3)c2)s1. The highest BCUT2D eigenvalue weighted by atomic mass is 35.5. The number of ether oxygens (including phenoxy) is 1. The normalized spacial score (nSPS) is 11.3. The highest BCUT2D eigenvalue weighted by molar-refractivity contribution is 7.89. The molecule has 0 aliphatic heterocycles. The van der Waals surface area contributed by atoms with Crippen LogP contribution in [-0.4, -0.2) is 31.6 Å². The largest absolute Gasteiger partial charge is 0.495 e. The molecule has 30 heavy (non-hydrogen) atoms. The number of nitrogens with one attached hydrogen (secondary N) is 2. The summed E-state index contributed by atoms with van der Waals surface area (Å²) in [5.41, 5.74) is 0.884. The summed E-state index contributed by atoms with van der Waals surface area (Å²) in [6, 6.07) is 11.0. The summed E-state index contributed by atoms with van der Waals surface area (Å²) in [6.07, 6.45) is 0.706. The Morgan fingerprint density at radius 2 is 1.90 bits per heavy atom. The predicted octanol–water partition coefficient (Wildman–Crippen LogP) is 3.49. The monoisotopic (exact) mass is 466 g/mol. The second kappa shape index (κ2) is 9.52. The van der Waals surface area contributed by atoms with Crippen LogP contribution in [-0.2, 0) is 23.0 Å². The van der Waals surface area contributed by atoms with E-state index < -0.39 is 15.9 Å². The van der Waals surface area contributed by atoms with Gasteiger partial charge in [-0.2, -0.15) is 0 Å². The van der Waals surface area contributed by atoms with Gasteiger partial charge in [0.25, 0.3) is 5.91 Å². The Labute approximate surface area is 183 Å². The van der Waals surface area contributed by atoms with Crippen molar-refractivity contribution in [2.24, 2.45) is 0 Å². The molecular formula is C19H19ClN4O4S2. The first-order chi connectivity index (χ1) is 14.3. The van der Waals surface area contributed by atoms with Crippen molar-refractivity contribution >= 4 is 44.0 Å². The molecule has 0 saturated heterocycles. The Balaban J connectivity index is 1.81. The minimum Gasteiger partial charge on any atom is -0.495 e. The van der Waals surface area contributed by atoms with Gasteiger partial charge in [-0.1, -0.05) is 42.0 Å². The van der Waals surface area contributed by atoms with E-state index >= 15 is 0 Å². The Morgan fingerprint density at radius 1 is 1.17 bits per heavy atom. The lowest BCUT2D eigenvalue weighted by molar-refractivity contribution is 0.102. The standard InChI is InChI=1S/C19H19ClN4O4S2/c1-3-17-23-24-19(29-17)22-18(25)13-6-9-15(28-2)16(10-13)30(26,27)21-11-12-4-7-14(20)8-5-12/h4-10,21H,3,11H2,1-2H3,(H,22,24,25). The molecule has 0 bridgehead atoms. The van der Waals surface area contributed by atoms with E-state index in [1.54, 1.807) is 24.3 Å². The maximum atomic E-state index is 12.9. The van der Waals surface area contributed by atoms with Crippen LogP contribution in [0.1, 0.15) is 27.9 Å². The molecule has 0 fully saturated rings. The van der Waals surface area contributed by atoms with Gasteiger partial charge in [-0.15, -0.1) is 10.2 Å². The zero-order valence-corrected chi connectivity index (χ0v) is 18.6. The first-order valence-electron chi connectivity index (χ1n) is 8.88. The number of hydrogen-bond donors (Lipinski definition) is 2. The highest BCUT2D eigenvalue weighted by Crippen LogP contribution is 2.26. The molecular weight excluding hydrogens is 448 g/mol. The summed E-state index contributed by atoms with van der Waals surface area (Å²) in [7, 11) is -2.59. The number of anilines is 1. The summed E-state index contributed by atoms with van der Waals surface area (Å²) in [6.45, 7) is 1.99. The Kier molecular flexibility index (Phi) is 7.03. The number of aromatic nitrogens is 2. The summed E-state index contributed by atoms with van der Waals surface area (Å²) >= 11 is 7.11. The van der Waals surface area contributed by atoms with Gasteiger partial charge in [-0.25, -0.2) is 13.1 Å². The third-order valence-electron chi connectivity index (χ3n) is 4.08. The zero-order valence-electron chi connectivity index (χ0n) is 16.2. The smallest absolute Gasteiger partial charge is 0.257 e. The molecule has 0 aliphatic carbocycles. The maximum absolute atomic E-state index is 12.9. The van der Waals surface area contributed by atoms with Gasteiger partial charge < -0.3 is 4.74 Å². The molecule has 2 aromatic carbocycles. The molecule has 1 heterocycles. The molecule has 11 heteroatoms.